The van der Waals surface area contributed by atoms with Gasteiger partial charge >= 0.3 is 12.0 Å². The minimum absolute atomic E-state index is 0.0412. The molecule has 2 heterocycles. The van der Waals surface area contributed by atoms with Crippen LogP contribution in [-0.4, -0.2) is 62.5 Å². The lowest BCUT2D eigenvalue weighted by molar-refractivity contribution is -0.123. The average Bonchev–Trinajstić information content (AvgIpc) is 3.29. The summed E-state index contributed by atoms with van der Waals surface area (Å²) >= 11 is 0. The Kier molecular flexibility index (Phi) is 7.84. The number of benzene rings is 1. The van der Waals surface area contributed by atoms with E-state index in [1.54, 1.807) is 26.0 Å². The van der Waals surface area contributed by atoms with Crippen molar-refractivity contribution >= 4 is 27.9 Å². The maximum absolute atomic E-state index is 13.0. The van der Waals surface area contributed by atoms with Crippen molar-refractivity contribution in [2.45, 2.75) is 37.5 Å². The maximum atomic E-state index is 13.0. The zero-order valence-corrected chi connectivity index (χ0v) is 19.0. The number of nitrogens with one attached hydrogen (secondary N) is 2. The number of furan rings is 1. The maximum Gasteiger partial charge on any atom is 0.338 e. The van der Waals surface area contributed by atoms with Gasteiger partial charge in [0.25, 0.3) is 5.91 Å². The summed E-state index contributed by atoms with van der Waals surface area (Å²) in [4.78, 5) is 35.8. The molecule has 0 spiro atoms. The third-order valence-electron chi connectivity index (χ3n) is 4.68. The SMILES string of the molecule is C[C@H]1CN(S(=O)(=O)c2cccc(C(=O)OCC(=O)NC(=O)NCc3ccco3)c2)C[C@H](C)O1. The highest BCUT2D eigenvalue weighted by molar-refractivity contribution is 7.89. The number of nitrogens with zero attached hydrogens (tertiary/aromatic N) is 1. The van der Waals surface area contributed by atoms with Crippen LogP contribution in [0.4, 0.5) is 4.79 Å². The predicted octanol–water partition coefficient (Wildman–Crippen LogP) is 1.26. The first-order valence-corrected chi connectivity index (χ1v) is 11.6. The zero-order valence-electron chi connectivity index (χ0n) is 18.1. The van der Waals surface area contributed by atoms with Gasteiger partial charge in [-0.15, -0.1) is 0 Å². The van der Waals surface area contributed by atoms with Gasteiger partial charge in [0.05, 0.1) is 35.5 Å². The van der Waals surface area contributed by atoms with E-state index in [1.807, 2.05) is 5.32 Å². The number of carbonyl (C=O) groups excluding carboxylic acids is 3. The average molecular weight is 480 g/mol. The van der Waals surface area contributed by atoms with Gasteiger partial charge < -0.3 is 19.2 Å². The van der Waals surface area contributed by atoms with Gasteiger partial charge in [0, 0.05) is 13.1 Å². The summed E-state index contributed by atoms with van der Waals surface area (Å²) in [6.07, 6.45) is 0.930. The second-order valence-electron chi connectivity index (χ2n) is 7.49. The molecule has 1 aromatic heterocycles. The number of amides is 3. The second kappa shape index (κ2) is 10.6. The molecule has 1 saturated heterocycles. The minimum atomic E-state index is -3.85. The lowest BCUT2D eigenvalue weighted by Crippen LogP contribution is -2.48. The Morgan fingerprint density at radius 2 is 1.85 bits per heavy atom. The molecule has 2 aromatic rings. The Bertz CT molecular complexity index is 1090. The quantitative estimate of drug-likeness (QED) is 0.565. The van der Waals surface area contributed by atoms with E-state index in [2.05, 4.69) is 5.32 Å². The molecular formula is C21H25N3O8S. The van der Waals surface area contributed by atoms with Gasteiger partial charge in [0.1, 0.15) is 5.76 Å². The highest BCUT2D eigenvalue weighted by atomic mass is 32.2. The smallest absolute Gasteiger partial charge is 0.338 e. The normalized spacial score (nSPS) is 19.0. The van der Waals surface area contributed by atoms with Crippen molar-refractivity contribution < 1.29 is 36.7 Å². The van der Waals surface area contributed by atoms with Crippen LogP contribution in [0.25, 0.3) is 0 Å². The van der Waals surface area contributed by atoms with Crippen LogP contribution >= 0.6 is 0 Å². The molecule has 0 unspecified atom stereocenters. The molecule has 11 nitrogen and oxygen atoms in total. The highest BCUT2D eigenvalue weighted by Crippen LogP contribution is 2.22. The van der Waals surface area contributed by atoms with Gasteiger partial charge in [-0.05, 0) is 44.2 Å². The fraction of sp³-hybridized carbons (Fsp3) is 0.381. The molecule has 3 rings (SSSR count). The summed E-state index contributed by atoms with van der Waals surface area (Å²) in [6, 6.07) is 7.89. The molecule has 1 aliphatic rings. The molecule has 3 amide bonds. The predicted molar refractivity (Wildman–Crippen MR) is 115 cm³/mol. The number of hydrogen-bond donors (Lipinski definition) is 2. The van der Waals surface area contributed by atoms with E-state index >= 15 is 0 Å². The summed E-state index contributed by atoms with van der Waals surface area (Å²) in [6.45, 7) is 3.33. The molecule has 2 N–H and O–H groups in total. The number of ether oxygens (including phenoxy) is 2. The van der Waals surface area contributed by atoms with Crippen molar-refractivity contribution in [3.63, 3.8) is 0 Å². The summed E-state index contributed by atoms with van der Waals surface area (Å²) in [5, 5.41) is 4.43. The molecule has 0 bridgehead atoms. The van der Waals surface area contributed by atoms with Crippen LogP contribution in [0.2, 0.25) is 0 Å². The van der Waals surface area contributed by atoms with Gasteiger partial charge in [0.15, 0.2) is 6.61 Å². The van der Waals surface area contributed by atoms with Crippen LogP contribution in [0.3, 0.4) is 0 Å². The van der Waals surface area contributed by atoms with Crippen molar-refractivity contribution in [1.29, 1.82) is 0 Å². The summed E-state index contributed by atoms with van der Waals surface area (Å²) in [7, 11) is -3.85. The minimum Gasteiger partial charge on any atom is -0.467 e. The third-order valence-corrected chi connectivity index (χ3v) is 6.51. The first-order chi connectivity index (χ1) is 15.6. The van der Waals surface area contributed by atoms with E-state index in [4.69, 9.17) is 13.9 Å². The second-order valence-corrected chi connectivity index (χ2v) is 9.43. The van der Waals surface area contributed by atoms with Crippen LogP contribution in [0.5, 0.6) is 0 Å². The molecule has 1 aromatic carbocycles. The molecule has 2 atom stereocenters. The Morgan fingerprint density at radius 3 is 2.52 bits per heavy atom. The van der Waals surface area contributed by atoms with Gasteiger partial charge in [-0.25, -0.2) is 18.0 Å². The summed E-state index contributed by atoms with van der Waals surface area (Å²) < 4.78 is 42.8. The Balaban J connectivity index is 1.54. The topological polar surface area (TPSA) is 144 Å². The summed E-state index contributed by atoms with van der Waals surface area (Å²) in [5.74, 6) is -1.25. The monoisotopic (exact) mass is 479 g/mol. The number of urea groups is 1. The zero-order chi connectivity index (χ0) is 24.0. The van der Waals surface area contributed by atoms with Crippen molar-refractivity contribution in [1.82, 2.24) is 14.9 Å². The lowest BCUT2D eigenvalue weighted by Gasteiger charge is -2.34. The van der Waals surface area contributed by atoms with Crippen molar-refractivity contribution in [3.8, 4) is 0 Å². The molecule has 33 heavy (non-hydrogen) atoms. The van der Waals surface area contributed by atoms with E-state index in [9.17, 15) is 22.8 Å². The van der Waals surface area contributed by atoms with Crippen LogP contribution in [0, 0.1) is 0 Å². The van der Waals surface area contributed by atoms with Crippen LogP contribution in [0.1, 0.15) is 30.0 Å². The Morgan fingerprint density at radius 1 is 1.12 bits per heavy atom. The van der Waals surface area contributed by atoms with Crippen molar-refractivity contribution in [2.75, 3.05) is 19.7 Å². The van der Waals surface area contributed by atoms with Gasteiger partial charge in [-0.1, -0.05) is 6.07 Å². The molecule has 0 aliphatic carbocycles. The van der Waals surface area contributed by atoms with Crippen molar-refractivity contribution in [2.24, 2.45) is 0 Å². The van der Waals surface area contributed by atoms with Gasteiger partial charge in [-0.2, -0.15) is 4.31 Å². The fourth-order valence-corrected chi connectivity index (χ4v) is 4.90. The number of esters is 1. The molecule has 1 fully saturated rings. The highest BCUT2D eigenvalue weighted by Gasteiger charge is 2.32. The molecular weight excluding hydrogens is 454 g/mol. The van der Waals surface area contributed by atoms with E-state index < -0.39 is 34.5 Å². The van der Waals surface area contributed by atoms with E-state index in [0.29, 0.717) is 5.76 Å². The Hall–Kier alpha value is -3.22. The molecule has 0 radical (unpaired) electrons. The number of rotatable bonds is 7. The standard InChI is InChI=1S/C21H25N3O8S/c1-14-11-24(12-15(2)32-14)33(28,29)18-7-3-5-16(9-18)20(26)31-13-19(25)23-21(27)22-10-17-6-4-8-30-17/h3-9,14-15H,10-13H2,1-2H3,(H2,22,23,25,27)/t14-,15-/m0/s1. The van der Waals surface area contributed by atoms with E-state index in [-0.39, 0.29) is 42.3 Å². The molecule has 1 aliphatic heterocycles. The largest absolute Gasteiger partial charge is 0.467 e. The molecule has 178 valence electrons. The number of hydrogen-bond acceptors (Lipinski definition) is 8. The van der Waals surface area contributed by atoms with Crippen LogP contribution < -0.4 is 10.6 Å². The van der Waals surface area contributed by atoms with Crippen LogP contribution in [0.15, 0.2) is 52.0 Å². The summed E-state index contributed by atoms with van der Waals surface area (Å²) in [5.41, 5.74) is -0.0412. The molecule has 0 saturated carbocycles. The van der Waals surface area contributed by atoms with Crippen molar-refractivity contribution in [3.05, 3.63) is 54.0 Å². The lowest BCUT2D eigenvalue weighted by atomic mass is 10.2. The molecule has 12 heteroatoms. The third kappa shape index (κ3) is 6.63. The van der Waals surface area contributed by atoms with Gasteiger partial charge in [-0.3, -0.25) is 10.1 Å². The Labute approximate surface area is 191 Å². The number of imide groups is 1. The fourth-order valence-electron chi connectivity index (χ4n) is 3.26. The van der Waals surface area contributed by atoms with Gasteiger partial charge in [0.2, 0.25) is 10.0 Å². The first-order valence-electron chi connectivity index (χ1n) is 10.2. The van der Waals surface area contributed by atoms with E-state index in [0.717, 1.165) is 0 Å². The number of morpholine rings is 1. The van der Waals surface area contributed by atoms with Crippen LogP contribution in [-0.2, 0) is 30.8 Å². The number of carbonyl (C=O) groups is 3. The van der Waals surface area contributed by atoms with E-state index in [1.165, 1.54) is 34.8 Å². The first kappa shape index (κ1) is 24.4. The number of sulfonamides is 1.